The van der Waals surface area contributed by atoms with E-state index in [4.69, 9.17) is 0 Å². The average molecular weight is 236 g/mol. The minimum absolute atomic E-state index is 0.556. The van der Waals surface area contributed by atoms with Crippen LogP contribution in [0.3, 0.4) is 0 Å². The van der Waals surface area contributed by atoms with E-state index in [0.717, 1.165) is 17.6 Å². The highest BCUT2D eigenvalue weighted by Crippen LogP contribution is 2.08. The molecule has 96 valence electrons. The van der Waals surface area contributed by atoms with Gasteiger partial charge in [-0.1, -0.05) is 25.2 Å². The van der Waals surface area contributed by atoms with Crippen molar-refractivity contribution in [3.05, 3.63) is 35.5 Å². The SMILES string of the molecule is C=C(/C=N\N(C)C)/C(C)=C/C(O)C=C(C)CC. The fourth-order valence-electron chi connectivity index (χ4n) is 1.11. The number of hydrogen-bond donors (Lipinski definition) is 1. The number of nitrogens with zero attached hydrogens (tertiary/aromatic N) is 2. The molecule has 0 aliphatic heterocycles. The van der Waals surface area contributed by atoms with Crippen LogP contribution in [0.25, 0.3) is 0 Å². The van der Waals surface area contributed by atoms with Crippen molar-refractivity contribution < 1.29 is 5.11 Å². The molecule has 17 heavy (non-hydrogen) atoms. The third kappa shape index (κ3) is 7.53. The van der Waals surface area contributed by atoms with Gasteiger partial charge in [0.25, 0.3) is 0 Å². The van der Waals surface area contributed by atoms with E-state index < -0.39 is 6.10 Å². The first kappa shape index (κ1) is 15.7. The molecule has 0 radical (unpaired) electrons. The lowest BCUT2D eigenvalue weighted by Gasteiger charge is -2.07. The predicted molar refractivity (Wildman–Crippen MR) is 75.1 cm³/mol. The van der Waals surface area contributed by atoms with Gasteiger partial charge >= 0.3 is 0 Å². The molecule has 0 fully saturated rings. The second-order valence-corrected chi connectivity index (χ2v) is 4.32. The van der Waals surface area contributed by atoms with Crippen molar-refractivity contribution in [1.82, 2.24) is 5.01 Å². The van der Waals surface area contributed by atoms with E-state index in [1.165, 1.54) is 5.57 Å². The number of hydrazone groups is 1. The van der Waals surface area contributed by atoms with Crippen molar-refractivity contribution in [1.29, 1.82) is 0 Å². The van der Waals surface area contributed by atoms with Crippen molar-refractivity contribution in [2.75, 3.05) is 14.1 Å². The Balaban J connectivity index is 4.58. The highest BCUT2D eigenvalue weighted by Gasteiger charge is 1.99. The van der Waals surface area contributed by atoms with Crippen LogP contribution in [-0.2, 0) is 0 Å². The van der Waals surface area contributed by atoms with E-state index in [1.54, 1.807) is 17.3 Å². The maximum Gasteiger partial charge on any atom is 0.0910 e. The van der Waals surface area contributed by atoms with Crippen LogP contribution < -0.4 is 0 Å². The summed E-state index contributed by atoms with van der Waals surface area (Å²) in [7, 11) is 3.70. The third-order valence-electron chi connectivity index (χ3n) is 2.38. The smallest absolute Gasteiger partial charge is 0.0910 e. The van der Waals surface area contributed by atoms with Crippen LogP contribution in [0.2, 0.25) is 0 Å². The van der Waals surface area contributed by atoms with Gasteiger partial charge in [-0.25, -0.2) is 0 Å². The topological polar surface area (TPSA) is 35.8 Å². The van der Waals surface area contributed by atoms with E-state index >= 15 is 0 Å². The summed E-state index contributed by atoms with van der Waals surface area (Å²) in [5, 5.41) is 15.6. The molecule has 0 aromatic heterocycles. The Morgan fingerprint density at radius 3 is 2.41 bits per heavy atom. The van der Waals surface area contributed by atoms with Crippen molar-refractivity contribution in [2.24, 2.45) is 5.10 Å². The molecule has 0 aliphatic carbocycles. The highest BCUT2D eigenvalue weighted by molar-refractivity contribution is 5.83. The van der Waals surface area contributed by atoms with Crippen LogP contribution in [0, 0.1) is 0 Å². The molecular weight excluding hydrogens is 212 g/mol. The molecule has 3 nitrogen and oxygen atoms in total. The zero-order chi connectivity index (χ0) is 13.4. The van der Waals surface area contributed by atoms with Crippen molar-refractivity contribution in [3.63, 3.8) is 0 Å². The maximum absolute atomic E-state index is 9.80. The average Bonchev–Trinajstić information content (AvgIpc) is 2.25. The molecule has 1 N–H and O–H groups in total. The van der Waals surface area contributed by atoms with Gasteiger partial charge < -0.3 is 10.1 Å². The Hall–Kier alpha value is -1.35. The lowest BCUT2D eigenvalue weighted by molar-refractivity contribution is 0.269. The summed E-state index contributed by atoms with van der Waals surface area (Å²) in [6.45, 7) is 9.90. The Bertz CT molecular complexity index is 338. The first-order chi connectivity index (χ1) is 7.86. The largest absolute Gasteiger partial charge is 0.385 e. The minimum Gasteiger partial charge on any atom is -0.385 e. The van der Waals surface area contributed by atoms with Crippen molar-refractivity contribution >= 4 is 6.21 Å². The van der Waals surface area contributed by atoms with Gasteiger partial charge in [0.2, 0.25) is 0 Å². The molecule has 0 rings (SSSR count). The normalized spacial score (nSPS) is 15.2. The summed E-state index contributed by atoms with van der Waals surface area (Å²) >= 11 is 0. The Morgan fingerprint density at radius 2 is 1.94 bits per heavy atom. The molecule has 0 saturated heterocycles. The molecule has 0 aliphatic rings. The predicted octanol–water partition coefficient (Wildman–Crippen LogP) is 2.75. The summed E-state index contributed by atoms with van der Waals surface area (Å²) in [5.74, 6) is 0. The van der Waals surface area contributed by atoms with Gasteiger partial charge in [0.05, 0.1) is 12.3 Å². The van der Waals surface area contributed by atoms with E-state index in [9.17, 15) is 5.11 Å². The van der Waals surface area contributed by atoms with Crippen LogP contribution in [0.15, 0.2) is 40.6 Å². The molecule has 0 amide bonds. The van der Waals surface area contributed by atoms with Gasteiger partial charge in [-0.05, 0) is 37.5 Å². The molecular formula is C14H24N2O. The van der Waals surface area contributed by atoms with Crippen molar-refractivity contribution in [3.8, 4) is 0 Å². The Morgan fingerprint density at radius 1 is 1.35 bits per heavy atom. The molecule has 3 heteroatoms. The Labute approximate surface area is 105 Å². The molecule has 1 atom stereocenters. The molecule has 1 unspecified atom stereocenters. The first-order valence-corrected chi connectivity index (χ1v) is 5.81. The van der Waals surface area contributed by atoms with E-state index in [2.05, 4.69) is 18.6 Å². The number of allylic oxidation sites excluding steroid dienone is 3. The molecule has 0 heterocycles. The second kappa shape index (κ2) is 7.85. The van der Waals surface area contributed by atoms with Gasteiger partial charge in [-0.3, -0.25) is 0 Å². The zero-order valence-electron chi connectivity index (χ0n) is 11.6. The summed E-state index contributed by atoms with van der Waals surface area (Å²) < 4.78 is 0. The number of rotatable bonds is 6. The van der Waals surface area contributed by atoms with Crippen LogP contribution in [0.5, 0.6) is 0 Å². The highest BCUT2D eigenvalue weighted by atomic mass is 16.3. The molecule has 0 spiro atoms. The number of aliphatic hydroxyl groups excluding tert-OH is 1. The lowest BCUT2D eigenvalue weighted by atomic mass is 10.1. The zero-order valence-corrected chi connectivity index (χ0v) is 11.6. The standard InChI is InChI=1S/C14H24N2O/c1-7-11(2)8-14(17)9-12(3)13(4)10-15-16(5)6/h8-10,14,17H,4,7H2,1-3,5-6H3/b11-8?,12-9+,15-10-. The van der Waals surface area contributed by atoms with Gasteiger partial charge in [0.1, 0.15) is 0 Å². The minimum atomic E-state index is -0.556. The lowest BCUT2D eigenvalue weighted by Crippen LogP contribution is -2.04. The van der Waals surface area contributed by atoms with Gasteiger partial charge in [0.15, 0.2) is 0 Å². The summed E-state index contributed by atoms with van der Waals surface area (Å²) in [6.07, 6.45) is 5.71. The van der Waals surface area contributed by atoms with E-state index in [1.807, 2.05) is 34.0 Å². The molecule has 0 aromatic rings. The summed E-state index contributed by atoms with van der Waals surface area (Å²) in [5.41, 5.74) is 2.91. The fraction of sp³-hybridized carbons (Fsp3) is 0.500. The first-order valence-electron chi connectivity index (χ1n) is 5.81. The molecule has 0 bridgehead atoms. The van der Waals surface area contributed by atoms with Gasteiger partial charge in [-0.15, -0.1) is 0 Å². The van der Waals surface area contributed by atoms with Gasteiger partial charge in [0, 0.05) is 14.1 Å². The molecule has 0 saturated carbocycles. The van der Waals surface area contributed by atoms with Crippen LogP contribution in [0.1, 0.15) is 27.2 Å². The monoisotopic (exact) mass is 236 g/mol. The maximum atomic E-state index is 9.80. The quantitative estimate of drug-likeness (QED) is 0.333. The second-order valence-electron chi connectivity index (χ2n) is 4.32. The number of hydrogen-bond acceptors (Lipinski definition) is 3. The van der Waals surface area contributed by atoms with E-state index in [0.29, 0.717) is 0 Å². The number of aliphatic hydroxyl groups is 1. The van der Waals surface area contributed by atoms with Crippen LogP contribution >= 0.6 is 0 Å². The van der Waals surface area contributed by atoms with E-state index in [-0.39, 0.29) is 0 Å². The molecule has 0 aromatic carbocycles. The summed E-state index contributed by atoms with van der Waals surface area (Å²) in [4.78, 5) is 0. The van der Waals surface area contributed by atoms with Crippen LogP contribution in [0.4, 0.5) is 0 Å². The fourth-order valence-corrected chi connectivity index (χ4v) is 1.11. The van der Waals surface area contributed by atoms with Gasteiger partial charge in [-0.2, -0.15) is 5.10 Å². The Kier molecular flexibility index (Phi) is 7.22. The summed E-state index contributed by atoms with van der Waals surface area (Å²) in [6, 6.07) is 0. The van der Waals surface area contributed by atoms with Crippen LogP contribution in [-0.4, -0.2) is 36.5 Å². The van der Waals surface area contributed by atoms with Crippen molar-refractivity contribution in [2.45, 2.75) is 33.3 Å². The third-order valence-corrected chi connectivity index (χ3v) is 2.38.